The van der Waals surface area contributed by atoms with Crippen molar-refractivity contribution in [2.45, 2.75) is 31.3 Å². The molecule has 2 heterocycles. The summed E-state index contributed by atoms with van der Waals surface area (Å²) in [6.45, 7) is 5.59. The average Bonchev–Trinajstić information content (AvgIpc) is 2.84. The van der Waals surface area contributed by atoms with Gasteiger partial charge in [-0.2, -0.15) is 0 Å². The van der Waals surface area contributed by atoms with Crippen LogP contribution in [0, 0.1) is 0 Å². The zero-order valence-corrected chi connectivity index (χ0v) is 13.6. The highest BCUT2D eigenvalue weighted by molar-refractivity contribution is 7.99. The van der Waals surface area contributed by atoms with Crippen LogP contribution in [-0.4, -0.2) is 69.6 Å². The number of aromatic nitrogens is 3. The van der Waals surface area contributed by atoms with Crippen LogP contribution in [0.3, 0.4) is 0 Å². The van der Waals surface area contributed by atoms with Crippen molar-refractivity contribution in [1.82, 2.24) is 24.7 Å². The Balaban J connectivity index is 1.82. The molecule has 118 valence electrons. The maximum Gasteiger partial charge on any atom is 0.233 e. The van der Waals surface area contributed by atoms with Gasteiger partial charge in [0, 0.05) is 32.6 Å². The van der Waals surface area contributed by atoms with Gasteiger partial charge in [-0.05, 0) is 13.5 Å². The summed E-state index contributed by atoms with van der Waals surface area (Å²) in [6.07, 6.45) is 2.96. The van der Waals surface area contributed by atoms with Gasteiger partial charge in [0.2, 0.25) is 11.1 Å². The zero-order valence-electron chi connectivity index (χ0n) is 12.8. The van der Waals surface area contributed by atoms with E-state index < -0.39 is 0 Å². The predicted molar refractivity (Wildman–Crippen MR) is 83.6 cm³/mol. The molecule has 1 aromatic rings. The lowest BCUT2D eigenvalue weighted by Gasteiger charge is -2.32. The van der Waals surface area contributed by atoms with E-state index in [4.69, 9.17) is 5.84 Å². The number of carbonyl (C=O) groups is 1. The first-order valence-corrected chi connectivity index (χ1v) is 8.39. The number of rotatable bonds is 6. The number of nitrogens with two attached hydrogens (primary N) is 1. The fraction of sp³-hybridized carbons (Fsp3) is 0.769. The fourth-order valence-electron chi connectivity index (χ4n) is 2.18. The van der Waals surface area contributed by atoms with Crippen LogP contribution in [0.25, 0.3) is 0 Å². The first-order valence-electron chi connectivity index (χ1n) is 7.40. The summed E-state index contributed by atoms with van der Waals surface area (Å²) in [7, 11) is 2.07. The van der Waals surface area contributed by atoms with Crippen molar-refractivity contribution < 1.29 is 4.79 Å². The molecular weight excluding hydrogens is 288 g/mol. The van der Waals surface area contributed by atoms with E-state index in [9.17, 15) is 4.79 Å². The van der Waals surface area contributed by atoms with Crippen LogP contribution in [0.5, 0.6) is 0 Å². The topological polar surface area (TPSA) is 80.3 Å². The third-order valence-electron chi connectivity index (χ3n) is 3.67. The number of thioether (sulfide) groups is 1. The molecule has 0 aromatic carbocycles. The van der Waals surface area contributed by atoms with Gasteiger partial charge in [0.25, 0.3) is 0 Å². The quantitative estimate of drug-likeness (QED) is 0.597. The van der Waals surface area contributed by atoms with Gasteiger partial charge < -0.3 is 15.6 Å². The van der Waals surface area contributed by atoms with Crippen molar-refractivity contribution in [3.8, 4) is 0 Å². The van der Waals surface area contributed by atoms with Crippen LogP contribution in [0.4, 0.5) is 0 Å². The molecule has 0 atom stereocenters. The number of piperazine rings is 1. The Morgan fingerprint density at radius 1 is 1.29 bits per heavy atom. The minimum atomic E-state index is 0.145. The van der Waals surface area contributed by atoms with Crippen LogP contribution < -0.4 is 5.84 Å². The molecule has 21 heavy (non-hydrogen) atoms. The second kappa shape index (κ2) is 7.65. The molecular formula is C13H24N6OS. The second-order valence-corrected chi connectivity index (χ2v) is 6.29. The molecule has 1 amide bonds. The minimum absolute atomic E-state index is 0.145. The Morgan fingerprint density at radius 3 is 2.67 bits per heavy atom. The van der Waals surface area contributed by atoms with Crippen molar-refractivity contribution in [2.75, 3.05) is 44.8 Å². The average molecular weight is 312 g/mol. The van der Waals surface area contributed by atoms with Crippen LogP contribution >= 0.6 is 11.8 Å². The molecule has 2 N–H and O–H groups in total. The maximum atomic E-state index is 12.2. The predicted octanol–water partition coefficient (Wildman–Crippen LogP) is 0.201. The van der Waals surface area contributed by atoms with Gasteiger partial charge in [0.15, 0.2) is 5.82 Å². The normalized spacial score (nSPS) is 16.4. The standard InChI is InChI=1S/C13H24N6OS/c1-3-4-5-11-15-16-13(19(11)14)21-10-12(20)18-8-6-17(2)7-9-18/h3-10,14H2,1-2H3. The molecule has 0 unspecified atom stereocenters. The van der Waals surface area contributed by atoms with Gasteiger partial charge in [0.1, 0.15) is 0 Å². The van der Waals surface area contributed by atoms with Gasteiger partial charge >= 0.3 is 0 Å². The van der Waals surface area contributed by atoms with E-state index >= 15 is 0 Å². The lowest BCUT2D eigenvalue weighted by Crippen LogP contribution is -2.47. The summed E-state index contributed by atoms with van der Waals surface area (Å²) >= 11 is 1.36. The molecule has 2 rings (SSSR count). The number of hydrogen-bond acceptors (Lipinski definition) is 6. The van der Waals surface area contributed by atoms with Crippen molar-refractivity contribution in [3.05, 3.63) is 5.82 Å². The van der Waals surface area contributed by atoms with Gasteiger partial charge in [0.05, 0.1) is 5.75 Å². The van der Waals surface area contributed by atoms with Gasteiger partial charge in [-0.15, -0.1) is 10.2 Å². The molecule has 0 radical (unpaired) electrons. The molecule has 0 bridgehead atoms. The number of likely N-dealkylation sites (N-methyl/N-ethyl adjacent to an activating group) is 1. The van der Waals surface area contributed by atoms with E-state index in [0.29, 0.717) is 10.9 Å². The monoisotopic (exact) mass is 312 g/mol. The molecule has 0 saturated carbocycles. The van der Waals surface area contributed by atoms with E-state index in [2.05, 4.69) is 29.1 Å². The molecule has 8 heteroatoms. The number of amides is 1. The van der Waals surface area contributed by atoms with E-state index in [0.717, 1.165) is 51.3 Å². The van der Waals surface area contributed by atoms with Gasteiger partial charge in [-0.3, -0.25) is 4.79 Å². The number of hydrogen-bond donors (Lipinski definition) is 1. The fourth-order valence-corrected chi connectivity index (χ4v) is 2.96. The first kappa shape index (κ1) is 16.1. The molecule has 0 aliphatic carbocycles. The summed E-state index contributed by atoms with van der Waals surface area (Å²) in [6, 6.07) is 0. The second-order valence-electron chi connectivity index (χ2n) is 5.35. The van der Waals surface area contributed by atoms with E-state index in [1.54, 1.807) is 0 Å². The van der Waals surface area contributed by atoms with Crippen LogP contribution in [0.2, 0.25) is 0 Å². The third kappa shape index (κ3) is 4.34. The van der Waals surface area contributed by atoms with Crippen molar-refractivity contribution in [1.29, 1.82) is 0 Å². The smallest absolute Gasteiger partial charge is 0.233 e. The Labute approximate surface area is 129 Å². The van der Waals surface area contributed by atoms with Crippen LogP contribution in [-0.2, 0) is 11.2 Å². The molecule has 0 spiro atoms. The van der Waals surface area contributed by atoms with Crippen LogP contribution in [0.15, 0.2) is 5.16 Å². The number of unbranched alkanes of at least 4 members (excludes halogenated alkanes) is 1. The Kier molecular flexibility index (Phi) is 5.86. The van der Waals surface area contributed by atoms with Crippen molar-refractivity contribution >= 4 is 17.7 Å². The highest BCUT2D eigenvalue weighted by atomic mass is 32.2. The van der Waals surface area contributed by atoms with Gasteiger partial charge in [-0.1, -0.05) is 25.1 Å². The SMILES string of the molecule is CCCCc1nnc(SCC(=O)N2CCN(C)CC2)n1N. The number of carbonyl (C=O) groups excluding carboxylic acids is 1. The molecule has 7 nitrogen and oxygen atoms in total. The minimum Gasteiger partial charge on any atom is -0.339 e. The Bertz CT molecular complexity index is 469. The van der Waals surface area contributed by atoms with E-state index in [1.807, 2.05) is 4.90 Å². The first-order chi connectivity index (χ1) is 10.1. The molecule has 1 fully saturated rings. The van der Waals surface area contributed by atoms with E-state index in [1.165, 1.54) is 16.4 Å². The summed E-state index contributed by atoms with van der Waals surface area (Å²) in [5, 5.41) is 8.77. The zero-order chi connectivity index (χ0) is 15.2. The third-order valence-corrected chi connectivity index (χ3v) is 4.60. The number of nitrogen functional groups attached to an aromatic ring is 1. The van der Waals surface area contributed by atoms with Crippen LogP contribution in [0.1, 0.15) is 25.6 Å². The highest BCUT2D eigenvalue weighted by Crippen LogP contribution is 2.16. The molecule has 1 aliphatic rings. The summed E-state index contributed by atoms with van der Waals surface area (Å²) in [5.41, 5.74) is 0. The summed E-state index contributed by atoms with van der Waals surface area (Å²) < 4.78 is 1.51. The maximum absolute atomic E-state index is 12.2. The molecule has 1 aliphatic heterocycles. The van der Waals surface area contributed by atoms with Crippen molar-refractivity contribution in [3.63, 3.8) is 0 Å². The summed E-state index contributed by atoms with van der Waals surface area (Å²) in [5.74, 6) is 7.26. The highest BCUT2D eigenvalue weighted by Gasteiger charge is 2.20. The largest absolute Gasteiger partial charge is 0.339 e. The summed E-state index contributed by atoms with van der Waals surface area (Å²) in [4.78, 5) is 16.3. The van der Waals surface area contributed by atoms with E-state index in [-0.39, 0.29) is 5.91 Å². The lowest BCUT2D eigenvalue weighted by molar-refractivity contribution is -0.129. The lowest BCUT2D eigenvalue weighted by atomic mass is 10.2. The number of aryl methyl sites for hydroxylation is 1. The molecule has 1 aromatic heterocycles. The number of nitrogens with zero attached hydrogens (tertiary/aromatic N) is 5. The Morgan fingerprint density at radius 2 is 2.00 bits per heavy atom. The molecule has 1 saturated heterocycles. The Hall–Kier alpha value is -1.28. The van der Waals surface area contributed by atoms with Gasteiger partial charge in [-0.25, -0.2) is 4.68 Å². The van der Waals surface area contributed by atoms with Crippen molar-refractivity contribution in [2.24, 2.45) is 0 Å².